The molecule has 0 aliphatic heterocycles. The zero-order valence-corrected chi connectivity index (χ0v) is 4.49. The molecule has 10 nitrogen and oxygen atoms in total. The normalized spacial score (nSPS) is 3.60. The molecular weight excluding hydrogens is 160 g/mol. The Balaban J connectivity index is -0.0000000110. The molecule has 10 N–H and O–H groups in total. The van der Waals surface area contributed by atoms with Crippen molar-refractivity contribution in [1.82, 2.24) is 0 Å². The summed E-state index contributed by atoms with van der Waals surface area (Å²) >= 11 is 0. The van der Waals surface area contributed by atoms with Crippen LogP contribution in [0.1, 0.15) is 0 Å². The fourth-order valence-electron chi connectivity index (χ4n) is 0. The Labute approximate surface area is 54.0 Å². The lowest BCUT2D eigenvalue weighted by Crippen LogP contribution is -1.60. The van der Waals surface area contributed by atoms with Crippen LogP contribution in [0.2, 0.25) is 0 Å². The van der Waals surface area contributed by atoms with E-state index in [0.717, 1.165) is 0 Å². The van der Waals surface area contributed by atoms with Crippen molar-refractivity contribution in [2.45, 2.75) is 0 Å². The highest BCUT2D eigenvalue weighted by Crippen LogP contribution is 1.24. The SMILES string of the molecule is O.OO.OO.OO.OOO. The van der Waals surface area contributed by atoms with Crippen LogP contribution in [0.4, 0.5) is 0 Å². The van der Waals surface area contributed by atoms with Gasteiger partial charge in [0.2, 0.25) is 0 Å². The third-order valence-electron chi connectivity index (χ3n) is 0. The molecule has 0 aromatic heterocycles. The maximum Gasteiger partial charge on any atom is -0.0737 e. The number of hydrogen-bond acceptors (Lipinski definition) is 9. The van der Waals surface area contributed by atoms with Gasteiger partial charge in [0, 0.05) is 0 Å². The average Bonchev–Trinajstić information content (AvgIpc) is 2.01. The summed E-state index contributed by atoms with van der Waals surface area (Å²) in [6, 6.07) is 0. The van der Waals surface area contributed by atoms with Gasteiger partial charge in [-0.2, -0.15) is 0 Å². The Morgan fingerprint density at radius 2 is 0.600 bits per heavy atom. The molecule has 0 rings (SSSR count). The molecular formula is H10O10. The first-order chi connectivity index (χ1) is 4.41. The van der Waals surface area contributed by atoms with Gasteiger partial charge in [0.1, 0.15) is 0 Å². The van der Waals surface area contributed by atoms with E-state index >= 15 is 0 Å². The van der Waals surface area contributed by atoms with Crippen LogP contribution in [-0.4, -0.2) is 47.5 Å². The first-order valence-corrected chi connectivity index (χ1v) is 0.965. The lowest BCUT2D eigenvalue weighted by molar-refractivity contribution is -0.465. The molecule has 0 fully saturated rings. The Kier molecular flexibility index (Phi) is 4630. The summed E-state index contributed by atoms with van der Waals surface area (Å²) in [5.41, 5.74) is 0. The average molecular weight is 170 g/mol. The van der Waals surface area contributed by atoms with Gasteiger partial charge in [0.15, 0.2) is 0 Å². The van der Waals surface area contributed by atoms with Gasteiger partial charge >= 0.3 is 0 Å². The second-order valence-electron chi connectivity index (χ2n) is 0.0816. The molecule has 10 heavy (non-hydrogen) atoms. The summed E-state index contributed by atoms with van der Waals surface area (Å²) in [5, 5.41) is 51.5. The molecule has 0 amide bonds. The van der Waals surface area contributed by atoms with Crippen LogP contribution in [0.3, 0.4) is 0 Å². The van der Waals surface area contributed by atoms with Crippen molar-refractivity contribution >= 4 is 0 Å². The van der Waals surface area contributed by atoms with E-state index in [-0.39, 0.29) is 5.48 Å². The first-order valence-electron chi connectivity index (χ1n) is 0.965. The van der Waals surface area contributed by atoms with Crippen molar-refractivity contribution in [3.63, 3.8) is 0 Å². The van der Waals surface area contributed by atoms with Crippen molar-refractivity contribution in [1.29, 1.82) is 0 Å². The second-order valence-corrected chi connectivity index (χ2v) is 0.0816. The van der Waals surface area contributed by atoms with Crippen LogP contribution in [0.15, 0.2) is 0 Å². The van der Waals surface area contributed by atoms with Crippen molar-refractivity contribution in [2.24, 2.45) is 0 Å². The zero-order chi connectivity index (χ0) is 8.71. The van der Waals surface area contributed by atoms with Gasteiger partial charge in [-0.05, 0) is 0 Å². The molecule has 0 heterocycles. The predicted octanol–water partition coefficient (Wildman–Crippen LogP) is -0.823. The molecule has 0 saturated carbocycles. The molecule has 0 spiro atoms. The number of hydrogen-bond donors (Lipinski definition) is 8. The molecule has 0 aliphatic carbocycles. The monoisotopic (exact) mass is 170 g/mol. The molecule has 0 unspecified atom stereocenters. The fraction of sp³-hybridized carbons (Fsp3) is 0. The molecule has 0 saturated heterocycles. The number of rotatable bonds is 0. The van der Waals surface area contributed by atoms with Crippen molar-refractivity contribution in [3.8, 4) is 0 Å². The van der Waals surface area contributed by atoms with E-state index in [1.54, 1.807) is 0 Å². The molecule has 70 valence electrons. The van der Waals surface area contributed by atoms with Crippen LogP contribution in [-0.2, 0) is 5.04 Å². The first kappa shape index (κ1) is 33.6. The molecule has 0 bridgehead atoms. The van der Waals surface area contributed by atoms with Crippen LogP contribution >= 0.6 is 0 Å². The molecule has 0 aromatic rings. The summed E-state index contributed by atoms with van der Waals surface area (Å²) < 4.78 is 0. The highest BCUT2D eigenvalue weighted by atomic mass is 17.4. The van der Waals surface area contributed by atoms with Crippen molar-refractivity contribution in [3.05, 3.63) is 0 Å². The van der Waals surface area contributed by atoms with Crippen LogP contribution < -0.4 is 0 Å². The predicted molar refractivity (Wildman–Crippen MR) is 25.7 cm³/mol. The van der Waals surface area contributed by atoms with Gasteiger partial charge in [-0.1, -0.05) is 5.04 Å². The lowest BCUT2D eigenvalue weighted by atomic mass is 14.6. The Bertz CT molecular complexity index is 0. The molecule has 0 aliphatic rings. The van der Waals surface area contributed by atoms with E-state index in [1.165, 1.54) is 0 Å². The Morgan fingerprint density at radius 1 is 0.600 bits per heavy atom. The largest absolute Gasteiger partial charge is 0.412 e. The maximum atomic E-state index is 6.62. The van der Waals surface area contributed by atoms with Gasteiger partial charge in [-0.25, -0.2) is 10.5 Å². The van der Waals surface area contributed by atoms with E-state index in [0.29, 0.717) is 0 Å². The quantitative estimate of drug-likeness (QED) is 0.168. The van der Waals surface area contributed by atoms with Crippen LogP contribution in [0.25, 0.3) is 0 Å². The molecule has 0 aromatic carbocycles. The standard InChI is InChI=1S/H2O3.3H2O2.H2O/c1-3-2;3*1-2;/h1-2H;3*1-2H;1H2. The molecule has 0 radical (unpaired) electrons. The van der Waals surface area contributed by atoms with E-state index in [1.807, 2.05) is 0 Å². The zero-order valence-electron chi connectivity index (χ0n) is 4.49. The summed E-state index contributed by atoms with van der Waals surface area (Å²) in [6.45, 7) is 0. The Morgan fingerprint density at radius 3 is 0.600 bits per heavy atom. The molecule has 0 atom stereocenters. The van der Waals surface area contributed by atoms with Gasteiger partial charge in [0.25, 0.3) is 0 Å². The van der Waals surface area contributed by atoms with E-state index in [9.17, 15) is 0 Å². The minimum atomic E-state index is 0. The highest BCUT2D eigenvalue weighted by molar-refractivity contribution is 2.38. The van der Waals surface area contributed by atoms with E-state index in [4.69, 9.17) is 42.1 Å². The summed E-state index contributed by atoms with van der Waals surface area (Å²) in [7, 11) is 0. The van der Waals surface area contributed by atoms with Gasteiger partial charge < -0.3 is 5.48 Å². The Hall–Kier alpha value is -0.400. The maximum absolute atomic E-state index is 6.62. The van der Waals surface area contributed by atoms with Crippen molar-refractivity contribution < 1.29 is 52.6 Å². The van der Waals surface area contributed by atoms with Gasteiger partial charge in [0.05, 0.1) is 0 Å². The fourth-order valence-corrected chi connectivity index (χ4v) is 0. The summed E-state index contributed by atoms with van der Waals surface area (Å²) in [6.07, 6.45) is 0. The smallest absolute Gasteiger partial charge is 0.0737 e. The minimum absolute atomic E-state index is 0. The van der Waals surface area contributed by atoms with Crippen LogP contribution in [0.5, 0.6) is 0 Å². The summed E-state index contributed by atoms with van der Waals surface area (Å²) in [5.74, 6) is 0. The van der Waals surface area contributed by atoms with Crippen LogP contribution in [0, 0.1) is 0 Å². The molecule has 10 heteroatoms. The third-order valence-corrected chi connectivity index (χ3v) is 0. The highest BCUT2D eigenvalue weighted by Gasteiger charge is 1.27. The van der Waals surface area contributed by atoms with Crippen molar-refractivity contribution in [2.75, 3.05) is 0 Å². The van der Waals surface area contributed by atoms with E-state index in [2.05, 4.69) is 5.04 Å². The third kappa shape index (κ3) is 2070. The van der Waals surface area contributed by atoms with Gasteiger partial charge in [-0.15, -0.1) is 0 Å². The van der Waals surface area contributed by atoms with Gasteiger partial charge in [-0.3, -0.25) is 31.5 Å². The minimum Gasteiger partial charge on any atom is -0.412 e. The second kappa shape index (κ2) is 1380. The van der Waals surface area contributed by atoms with E-state index < -0.39 is 0 Å². The topological polar surface area (TPSA) is 203 Å². The lowest BCUT2D eigenvalue weighted by Gasteiger charge is -1.56. The summed E-state index contributed by atoms with van der Waals surface area (Å²) in [4.78, 5) is 0.